The molecule has 140 valence electrons. The van der Waals surface area contributed by atoms with E-state index in [2.05, 4.69) is 21.8 Å². The van der Waals surface area contributed by atoms with Crippen molar-refractivity contribution in [1.29, 1.82) is 0 Å². The molecular formula is C21H28FN3O. The van der Waals surface area contributed by atoms with E-state index in [0.717, 1.165) is 24.6 Å². The predicted molar refractivity (Wildman–Crippen MR) is 99.8 cm³/mol. The van der Waals surface area contributed by atoms with Gasteiger partial charge >= 0.3 is 0 Å². The zero-order valence-corrected chi connectivity index (χ0v) is 15.5. The topological polar surface area (TPSA) is 32.5 Å². The quantitative estimate of drug-likeness (QED) is 0.836. The van der Waals surface area contributed by atoms with Crippen LogP contribution in [0.25, 0.3) is 0 Å². The fourth-order valence-electron chi connectivity index (χ4n) is 4.32. The molecule has 0 radical (unpaired) electrons. The van der Waals surface area contributed by atoms with Gasteiger partial charge in [0.15, 0.2) is 5.89 Å². The number of hydrogen-bond acceptors (Lipinski definition) is 4. The summed E-state index contributed by atoms with van der Waals surface area (Å²) in [6.07, 6.45) is 7.08. The van der Waals surface area contributed by atoms with Crippen LogP contribution in [0.4, 0.5) is 4.39 Å². The van der Waals surface area contributed by atoms with Crippen LogP contribution in [0.15, 0.2) is 34.9 Å². The second-order valence-electron chi connectivity index (χ2n) is 7.80. The molecule has 26 heavy (non-hydrogen) atoms. The van der Waals surface area contributed by atoms with Crippen LogP contribution in [0.3, 0.4) is 0 Å². The molecule has 0 bridgehead atoms. The average molecular weight is 357 g/mol. The van der Waals surface area contributed by atoms with Crippen molar-refractivity contribution in [2.45, 2.75) is 44.1 Å². The van der Waals surface area contributed by atoms with Gasteiger partial charge in [-0.15, -0.1) is 0 Å². The lowest BCUT2D eigenvalue weighted by atomic mass is 9.94. The molecule has 0 aliphatic carbocycles. The van der Waals surface area contributed by atoms with Crippen LogP contribution in [0, 0.1) is 5.82 Å². The predicted octanol–water partition coefficient (Wildman–Crippen LogP) is 3.68. The van der Waals surface area contributed by atoms with E-state index in [9.17, 15) is 4.39 Å². The van der Waals surface area contributed by atoms with Crippen molar-refractivity contribution >= 4 is 0 Å². The molecule has 0 saturated carbocycles. The van der Waals surface area contributed by atoms with Crippen LogP contribution in [0.5, 0.6) is 0 Å². The number of piperidine rings is 2. The van der Waals surface area contributed by atoms with Crippen LogP contribution >= 0.6 is 0 Å². The first-order valence-corrected chi connectivity index (χ1v) is 9.79. The minimum atomic E-state index is -0.184. The molecule has 0 spiro atoms. The highest BCUT2D eigenvalue weighted by molar-refractivity contribution is 5.21. The third kappa shape index (κ3) is 3.99. The molecule has 4 rings (SSSR count). The Bertz CT molecular complexity index is 724. The number of nitrogens with zero attached hydrogens (tertiary/aromatic N) is 3. The van der Waals surface area contributed by atoms with E-state index in [1.165, 1.54) is 45.0 Å². The molecule has 2 aliphatic heterocycles. The number of aromatic nitrogens is 1. The minimum absolute atomic E-state index is 0.184. The Morgan fingerprint density at radius 2 is 1.96 bits per heavy atom. The fraction of sp³-hybridized carbons (Fsp3) is 0.571. The van der Waals surface area contributed by atoms with Gasteiger partial charge in [0.05, 0.1) is 6.20 Å². The highest BCUT2D eigenvalue weighted by Crippen LogP contribution is 2.30. The van der Waals surface area contributed by atoms with Gasteiger partial charge in [-0.05, 0) is 64.0 Å². The van der Waals surface area contributed by atoms with Gasteiger partial charge < -0.3 is 9.32 Å². The normalized spacial score (nSPS) is 23.4. The molecular weight excluding hydrogens is 329 g/mol. The van der Waals surface area contributed by atoms with E-state index in [-0.39, 0.29) is 5.82 Å². The molecule has 1 aromatic heterocycles. The van der Waals surface area contributed by atoms with Crippen molar-refractivity contribution in [3.05, 3.63) is 53.5 Å². The summed E-state index contributed by atoms with van der Waals surface area (Å²) in [4.78, 5) is 9.59. The third-order valence-corrected chi connectivity index (χ3v) is 5.90. The Morgan fingerprint density at radius 3 is 2.77 bits per heavy atom. The molecule has 4 nitrogen and oxygen atoms in total. The van der Waals surface area contributed by atoms with Gasteiger partial charge in [0.1, 0.15) is 11.6 Å². The lowest BCUT2D eigenvalue weighted by Crippen LogP contribution is -2.47. The SMILES string of the molecule is CN1CCC(N2CCC[C@@H](c3ncc(Cc4ccccc4F)o3)C2)CC1. The van der Waals surface area contributed by atoms with Crippen LogP contribution in [-0.4, -0.2) is 54.1 Å². The van der Waals surface area contributed by atoms with Gasteiger partial charge in [0.25, 0.3) is 0 Å². The first-order chi connectivity index (χ1) is 12.7. The molecule has 0 N–H and O–H groups in total. The standard InChI is InChI=1S/C21H28FN3O/c1-24-11-8-18(9-12-24)25-10-4-6-17(15-25)21-23-14-19(26-21)13-16-5-2-3-7-20(16)22/h2-3,5,7,14,17-18H,4,6,8-13,15H2,1H3/t17-/m1/s1. The van der Waals surface area contributed by atoms with E-state index < -0.39 is 0 Å². The van der Waals surface area contributed by atoms with Crippen LogP contribution in [0.2, 0.25) is 0 Å². The zero-order chi connectivity index (χ0) is 17.9. The van der Waals surface area contributed by atoms with E-state index in [0.29, 0.717) is 23.9 Å². The third-order valence-electron chi connectivity index (χ3n) is 5.90. The molecule has 0 unspecified atom stereocenters. The summed E-state index contributed by atoms with van der Waals surface area (Å²) in [5, 5.41) is 0. The maximum Gasteiger partial charge on any atom is 0.198 e. The number of hydrogen-bond donors (Lipinski definition) is 0. The van der Waals surface area contributed by atoms with Crippen molar-refractivity contribution in [3.63, 3.8) is 0 Å². The Kier molecular flexibility index (Phi) is 5.36. The maximum absolute atomic E-state index is 13.8. The molecule has 2 saturated heterocycles. The van der Waals surface area contributed by atoms with Gasteiger partial charge in [-0.25, -0.2) is 9.37 Å². The Morgan fingerprint density at radius 1 is 1.15 bits per heavy atom. The van der Waals surface area contributed by atoms with Gasteiger partial charge in [-0.2, -0.15) is 0 Å². The first-order valence-electron chi connectivity index (χ1n) is 9.79. The molecule has 0 amide bonds. The Balaban J connectivity index is 1.40. The summed E-state index contributed by atoms with van der Waals surface area (Å²) in [5.41, 5.74) is 0.659. The monoisotopic (exact) mass is 357 g/mol. The summed E-state index contributed by atoms with van der Waals surface area (Å²) in [6.45, 7) is 4.61. The van der Waals surface area contributed by atoms with Gasteiger partial charge in [0, 0.05) is 24.9 Å². The van der Waals surface area contributed by atoms with Gasteiger partial charge in [0.2, 0.25) is 0 Å². The van der Waals surface area contributed by atoms with Crippen molar-refractivity contribution in [2.24, 2.45) is 0 Å². The lowest BCUT2D eigenvalue weighted by molar-refractivity contribution is 0.0891. The van der Waals surface area contributed by atoms with Crippen molar-refractivity contribution in [3.8, 4) is 0 Å². The number of benzene rings is 1. The van der Waals surface area contributed by atoms with Crippen molar-refractivity contribution in [2.75, 3.05) is 33.2 Å². The van der Waals surface area contributed by atoms with Gasteiger partial charge in [-0.3, -0.25) is 4.90 Å². The lowest BCUT2D eigenvalue weighted by Gasteiger charge is -2.41. The Labute approximate surface area is 155 Å². The molecule has 1 aromatic carbocycles. The van der Waals surface area contributed by atoms with Gasteiger partial charge in [-0.1, -0.05) is 18.2 Å². The second-order valence-corrected chi connectivity index (χ2v) is 7.80. The summed E-state index contributed by atoms with van der Waals surface area (Å²) < 4.78 is 19.9. The Hall–Kier alpha value is -1.72. The zero-order valence-electron chi connectivity index (χ0n) is 15.5. The second kappa shape index (κ2) is 7.89. The molecule has 1 atom stereocenters. The largest absolute Gasteiger partial charge is 0.445 e. The molecule has 2 fully saturated rings. The fourth-order valence-corrected chi connectivity index (χ4v) is 4.32. The summed E-state index contributed by atoms with van der Waals surface area (Å²) >= 11 is 0. The maximum atomic E-state index is 13.8. The first kappa shape index (κ1) is 17.7. The molecule has 5 heteroatoms. The molecule has 2 aliphatic rings. The van der Waals surface area contributed by atoms with Crippen LogP contribution in [-0.2, 0) is 6.42 Å². The smallest absolute Gasteiger partial charge is 0.198 e. The van der Waals surface area contributed by atoms with Crippen LogP contribution in [0.1, 0.15) is 48.8 Å². The highest BCUT2D eigenvalue weighted by Gasteiger charge is 2.30. The molecule has 2 aromatic rings. The number of halogens is 1. The van der Waals surface area contributed by atoms with E-state index in [1.807, 2.05) is 6.07 Å². The van der Waals surface area contributed by atoms with E-state index >= 15 is 0 Å². The minimum Gasteiger partial charge on any atom is -0.445 e. The number of rotatable bonds is 4. The number of likely N-dealkylation sites (tertiary alicyclic amines) is 2. The number of oxazole rings is 1. The average Bonchev–Trinajstić information content (AvgIpc) is 3.13. The molecule has 3 heterocycles. The summed E-state index contributed by atoms with van der Waals surface area (Å²) in [6, 6.07) is 7.56. The highest BCUT2D eigenvalue weighted by atomic mass is 19.1. The van der Waals surface area contributed by atoms with Crippen molar-refractivity contribution < 1.29 is 8.81 Å². The van der Waals surface area contributed by atoms with Crippen molar-refractivity contribution in [1.82, 2.24) is 14.8 Å². The summed E-state index contributed by atoms with van der Waals surface area (Å²) in [7, 11) is 2.21. The van der Waals surface area contributed by atoms with E-state index in [1.54, 1.807) is 18.3 Å². The van der Waals surface area contributed by atoms with Crippen LogP contribution < -0.4 is 0 Å². The van der Waals surface area contributed by atoms with E-state index in [4.69, 9.17) is 4.42 Å². The summed E-state index contributed by atoms with van der Waals surface area (Å²) in [5.74, 6) is 1.75.